The highest BCUT2D eigenvalue weighted by Gasteiger charge is 2.29. The minimum absolute atomic E-state index is 0.0138. The average molecular weight is 374 g/mol. The Bertz CT molecular complexity index is 1070. The molecule has 0 fully saturated rings. The lowest BCUT2D eigenvalue weighted by Gasteiger charge is -2.22. The highest BCUT2D eigenvalue weighted by Crippen LogP contribution is 2.35. The van der Waals surface area contributed by atoms with Gasteiger partial charge in [0.2, 0.25) is 11.7 Å². The quantitative estimate of drug-likeness (QED) is 0.733. The topological polar surface area (TPSA) is 71.3 Å². The zero-order valence-corrected chi connectivity index (χ0v) is 16.0. The minimum atomic E-state index is -0.0138. The molecule has 0 unspecified atom stereocenters. The second-order valence-corrected chi connectivity index (χ2v) is 7.63. The zero-order chi connectivity index (χ0) is 19.3. The van der Waals surface area contributed by atoms with Gasteiger partial charge < -0.3 is 9.84 Å². The summed E-state index contributed by atoms with van der Waals surface area (Å²) in [5, 5.41) is 7.24. The van der Waals surface area contributed by atoms with Crippen LogP contribution in [0, 0.1) is 13.8 Å². The molecule has 2 heterocycles. The molecule has 6 heteroatoms. The zero-order valence-electron chi connectivity index (χ0n) is 16.0. The van der Waals surface area contributed by atoms with Crippen LogP contribution in [0.5, 0.6) is 0 Å². The third kappa shape index (κ3) is 2.85. The van der Waals surface area contributed by atoms with Crippen molar-refractivity contribution in [1.82, 2.24) is 15.5 Å². The van der Waals surface area contributed by atoms with Crippen molar-refractivity contribution in [3.8, 4) is 11.4 Å². The van der Waals surface area contributed by atoms with Gasteiger partial charge in [-0.25, -0.2) is 4.79 Å². The van der Waals surface area contributed by atoms with Crippen molar-refractivity contribution < 1.29 is 9.32 Å². The number of rotatable bonds is 2. The van der Waals surface area contributed by atoms with Crippen LogP contribution in [0.25, 0.3) is 11.4 Å². The molecule has 6 nitrogen and oxygen atoms in total. The van der Waals surface area contributed by atoms with E-state index >= 15 is 0 Å². The summed E-state index contributed by atoms with van der Waals surface area (Å²) in [5.41, 5.74) is 6.83. The van der Waals surface area contributed by atoms with Crippen molar-refractivity contribution in [3.63, 3.8) is 0 Å². The first-order valence-electron chi connectivity index (χ1n) is 9.69. The van der Waals surface area contributed by atoms with Crippen LogP contribution in [-0.2, 0) is 12.8 Å². The molecule has 5 rings (SSSR count). The van der Waals surface area contributed by atoms with E-state index in [-0.39, 0.29) is 12.1 Å². The van der Waals surface area contributed by atoms with Crippen LogP contribution in [0.4, 0.5) is 10.5 Å². The Hall–Kier alpha value is -3.15. The Morgan fingerprint density at radius 1 is 1.14 bits per heavy atom. The molecular weight excluding hydrogens is 352 g/mol. The molecule has 2 aromatic carbocycles. The summed E-state index contributed by atoms with van der Waals surface area (Å²) in [4.78, 5) is 19.1. The van der Waals surface area contributed by atoms with Crippen molar-refractivity contribution in [3.05, 3.63) is 64.5 Å². The highest BCUT2D eigenvalue weighted by atomic mass is 16.5. The summed E-state index contributed by atoms with van der Waals surface area (Å²) in [6.45, 7) is 4.58. The molecule has 0 radical (unpaired) electrons. The lowest BCUT2D eigenvalue weighted by Crippen LogP contribution is -2.40. The first kappa shape index (κ1) is 17.0. The number of aryl methyl sites for hydroxylation is 3. The molecule has 0 saturated carbocycles. The van der Waals surface area contributed by atoms with E-state index in [4.69, 9.17) is 4.52 Å². The van der Waals surface area contributed by atoms with Crippen molar-refractivity contribution >= 4 is 11.7 Å². The van der Waals surface area contributed by atoms with Crippen molar-refractivity contribution in [1.29, 1.82) is 0 Å². The van der Waals surface area contributed by atoms with Crippen LogP contribution < -0.4 is 10.2 Å². The number of urea groups is 1. The number of carbonyl (C=O) groups excluding carboxylic acids is 1. The van der Waals surface area contributed by atoms with Gasteiger partial charge in [0.05, 0.1) is 6.04 Å². The first-order chi connectivity index (χ1) is 13.6. The average Bonchev–Trinajstić information content (AvgIpc) is 3.39. The van der Waals surface area contributed by atoms with E-state index in [1.54, 1.807) is 6.92 Å². The van der Waals surface area contributed by atoms with Gasteiger partial charge in [0, 0.05) is 24.7 Å². The summed E-state index contributed by atoms with van der Waals surface area (Å²) in [5.74, 6) is 1.17. The molecule has 0 saturated heterocycles. The number of hydrogen-bond acceptors (Lipinski definition) is 4. The number of nitrogens with zero attached hydrogens (tertiary/aromatic N) is 3. The maximum atomic E-state index is 13.0. The van der Waals surface area contributed by atoms with Crippen LogP contribution in [-0.4, -0.2) is 22.7 Å². The Morgan fingerprint density at radius 2 is 2.04 bits per heavy atom. The molecule has 1 aliphatic carbocycles. The predicted molar refractivity (Wildman–Crippen MR) is 106 cm³/mol. The Labute approximate surface area is 163 Å². The first-order valence-corrected chi connectivity index (χ1v) is 9.69. The number of nitrogens with one attached hydrogen (secondary N) is 1. The fourth-order valence-corrected chi connectivity index (χ4v) is 4.25. The summed E-state index contributed by atoms with van der Waals surface area (Å²) in [7, 11) is 0. The van der Waals surface area contributed by atoms with Crippen molar-refractivity contribution in [2.75, 3.05) is 11.4 Å². The lowest BCUT2D eigenvalue weighted by atomic mass is 10.0. The van der Waals surface area contributed by atoms with Crippen LogP contribution >= 0.6 is 0 Å². The number of aromatic nitrogens is 2. The molecular formula is C22H22N4O2. The molecule has 0 bridgehead atoms. The predicted octanol–water partition coefficient (Wildman–Crippen LogP) is 4.11. The van der Waals surface area contributed by atoms with Gasteiger partial charge in [-0.3, -0.25) is 4.90 Å². The van der Waals surface area contributed by atoms with Gasteiger partial charge in [0.1, 0.15) is 0 Å². The van der Waals surface area contributed by atoms with Gasteiger partial charge in [-0.15, -0.1) is 0 Å². The van der Waals surface area contributed by atoms with Crippen molar-refractivity contribution in [2.45, 2.75) is 39.2 Å². The highest BCUT2D eigenvalue weighted by molar-refractivity contribution is 5.94. The molecule has 1 aliphatic heterocycles. The van der Waals surface area contributed by atoms with Crippen LogP contribution in [0.1, 0.15) is 40.6 Å². The molecule has 1 N–H and O–H groups in total. The van der Waals surface area contributed by atoms with E-state index < -0.39 is 0 Å². The van der Waals surface area contributed by atoms with Gasteiger partial charge in [-0.1, -0.05) is 29.4 Å². The van der Waals surface area contributed by atoms with Crippen LogP contribution in [0.15, 0.2) is 40.9 Å². The van der Waals surface area contributed by atoms with Crippen LogP contribution in [0.2, 0.25) is 0 Å². The molecule has 1 aromatic heterocycles. The number of amides is 2. The third-order valence-corrected chi connectivity index (χ3v) is 5.69. The second kappa shape index (κ2) is 6.48. The van der Waals surface area contributed by atoms with E-state index in [0.717, 1.165) is 37.1 Å². The van der Waals surface area contributed by atoms with Gasteiger partial charge in [-0.2, -0.15) is 4.98 Å². The van der Waals surface area contributed by atoms with Gasteiger partial charge >= 0.3 is 6.03 Å². The molecule has 28 heavy (non-hydrogen) atoms. The van der Waals surface area contributed by atoms with E-state index in [1.807, 2.05) is 11.0 Å². The lowest BCUT2D eigenvalue weighted by molar-refractivity contribution is 0.243. The number of fused-ring (bicyclic) bond motifs is 2. The third-order valence-electron chi connectivity index (χ3n) is 5.69. The molecule has 1 atom stereocenters. The standard InChI is InChI=1S/C22H22N4O2/c1-13-3-4-15-9-10-26(20(15)11-13)22(27)24-19-8-6-16-12-17(5-7-18(16)19)21-23-14(2)28-25-21/h3-5,7,11-12,19H,6,8-10H2,1-2H3,(H,24,27)/t19-/m1/s1. The molecule has 142 valence electrons. The summed E-state index contributed by atoms with van der Waals surface area (Å²) >= 11 is 0. The molecule has 3 aromatic rings. The smallest absolute Gasteiger partial charge is 0.322 e. The maximum absolute atomic E-state index is 13.0. The van der Waals surface area contributed by atoms with E-state index in [2.05, 4.69) is 52.7 Å². The largest absolute Gasteiger partial charge is 0.339 e. The Morgan fingerprint density at radius 3 is 2.86 bits per heavy atom. The van der Waals surface area contributed by atoms with E-state index in [1.165, 1.54) is 22.3 Å². The minimum Gasteiger partial charge on any atom is -0.339 e. The van der Waals surface area contributed by atoms with Gasteiger partial charge in [0.15, 0.2) is 0 Å². The molecule has 2 amide bonds. The van der Waals surface area contributed by atoms with Gasteiger partial charge in [-0.05, 0) is 60.6 Å². The van der Waals surface area contributed by atoms with Gasteiger partial charge in [0.25, 0.3) is 0 Å². The monoisotopic (exact) mass is 374 g/mol. The Kier molecular flexibility index (Phi) is 3.93. The number of carbonyl (C=O) groups is 1. The number of hydrogen-bond donors (Lipinski definition) is 1. The molecule has 2 aliphatic rings. The Balaban J connectivity index is 1.35. The maximum Gasteiger partial charge on any atom is 0.322 e. The summed E-state index contributed by atoms with van der Waals surface area (Å²) < 4.78 is 5.08. The fraction of sp³-hybridized carbons (Fsp3) is 0.318. The SMILES string of the molecule is Cc1ccc2c(c1)N(C(=O)N[C@@H]1CCc3cc(-c4noc(C)n4)ccc31)CC2. The van der Waals surface area contributed by atoms with E-state index in [9.17, 15) is 4.79 Å². The fourth-order valence-electron chi connectivity index (χ4n) is 4.25. The summed E-state index contributed by atoms with van der Waals surface area (Å²) in [6, 6.07) is 12.6. The number of anilines is 1. The van der Waals surface area contributed by atoms with Crippen LogP contribution in [0.3, 0.4) is 0 Å². The summed E-state index contributed by atoms with van der Waals surface area (Å²) in [6.07, 6.45) is 2.75. The molecule has 0 spiro atoms. The normalized spacial score (nSPS) is 17.5. The second-order valence-electron chi connectivity index (χ2n) is 7.63. The van der Waals surface area contributed by atoms with Crippen molar-refractivity contribution in [2.24, 2.45) is 0 Å². The number of benzene rings is 2. The van der Waals surface area contributed by atoms with E-state index in [0.29, 0.717) is 11.7 Å².